The van der Waals surface area contributed by atoms with Crippen LogP contribution >= 0.6 is 0 Å². The summed E-state index contributed by atoms with van der Waals surface area (Å²) in [4.78, 5) is 0. The zero-order valence-corrected chi connectivity index (χ0v) is 11.8. The summed E-state index contributed by atoms with van der Waals surface area (Å²) in [5, 5.41) is 12.9. The molecule has 0 aliphatic rings. The van der Waals surface area contributed by atoms with Crippen LogP contribution in [0.4, 0.5) is 0 Å². The molecular formula is C19H18O. The van der Waals surface area contributed by atoms with Crippen LogP contribution in [0, 0.1) is 13.8 Å². The van der Waals surface area contributed by atoms with Gasteiger partial charge in [0.2, 0.25) is 0 Å². The van der Waals surface area contributed by atoms with Gasteiger partial charge in [-0.3, -0.25) is 0 Å². The first-order valence-electron chi connectivity index (χ1n) is 6.89. The molecule has 20 heavy (non-hydrogen) atoms. The molecule has 1 atom stereocenters. The molecule has 3 aromatic rings. The van der Waals surface area contributed by atoms with Crippen LogP contribution < -0.4 is 0 Å². The predicted octanol–water partition coefficient (Wildman–Crippen LogP) is 4.54. The first-order valence-corrected chi connectivity index (χ1v) is 6.89. The third-order valence-electron chi connectivity index (χ3n) is 3.94. The van der Waals surface area contributed by atoms with Crippen LogP contribution in [0.3, 0.4) is 0 Å². The second-order valence-electron chi connectivity index (χ2n) is 5.35. The lowest BCUT2D eigenvalue weighted by atomic mass is 9.96. The average molecular weight is 262 g/mol. The Morgan fingerprint density at radius 1 is 0.700 bits per heavy atom. The van der Waals surface area contributed by atoms with Crippen molar-refractivity contribution in [3.05, 3.63) is 82.9 Å². The Labute approximate surface area is 119 Å². The maximum absolute atomic E-state index is 10.6. The highest BCUT2D eigenvalue weighted by Gasteiger charge is 2.11. The van der Waals surface area contributed by atoms with Crippen LogP contribution in [-0.4, -0.2) is 5.11 Å². The van der Waals surface area contributed by atoms with E-state index < -0.39 is 6.10 Å². The van der Waals surface area contributed by atoms with Crippen molar-refractivity contribution in [3.63, 3.8) is 0 Å². The summed E-state index contributed by atoms with van der Waals surface area (Å²) in [5.74, 6) is 0. The van der Waals surface area contributed by atoms with Crippen LogP contribution in [0.15, 0.2) is 60.7 Å². The van der Waals surface area contributed by atoms with Crippen molar-refractivity contribution in [2.45, 2.75) is 20.0 Å². The van der Waals surface area contributed by atoms with E-state index in [9.17, 15) is 5.11 Å². The molecule has 3 aromatic carbocycles. The molecule has 0 bridgehead atoms. The number of aliphatic hydroxyl groups is 1. The Kier molecular flexibility index (Phi) is 3.29. The van der Waals surface area contributed by atoms with Gasteiger partial charge in [-0.2, -0.15) is 0 Å². The Balaban J connectivity index is 2.02. The van der Waals surface area contributed by atoms with Crippen molar-refractivity contribution < 1.29 is 5.11 Å². The maximum atomic E-state index is 10.6. The van der Waals surface area contributed by atoms with Gasteiger partial charge >= 0.3 is 0 Å². The molecule has 0 heterocycles. The van der Waals surface area contributed by atoms with Crippen molar-refractivity contribution in [2.24, 2.45) is 0 Å². The number of hydrogen-bond donors (Lipinski definition) is 1. The van der Waals surface area contributed by atoms with Gasteiger partial charge in [-0.15, -0.1) is 0 Å². The lowest BCUT2D eigenvalue weighted by Gasteiger charge is -2.14. The molecule has 0 fully saturated rings. The van der Waals surface area contributed by atoms with E-state index in [1.807, 2.05) is 24.3 Å². The molecule has 0 aliphatic carbocycles. The van der Waals surface area contributed by atoms with Gasteiger partial charge in [-0.25, -0.2) is 0 Å². The Morgan fingerprint density at radius 2 is 1.35 bits per heavy atom. The Bertz CT molecular complexity index is 759. The molecule has 1 heteroatoms. The fourth-order valence-corrected chi connectivity index (χ4v) is 2.51. The van der Waals surface area contributed by atoms with Crippen molar-refractivity contribution in [1.29, 1.82) is 0 Å². The number of benzene rings is 3. The molecule has 1 unspecified atom stereocenters. The highest BCUT2D eigenvalue weighted by Crippen LogP contribution is 2.26. The van der Waals surface area contributed by atoms with E-state index in [1.165, 1.54) is 16.5 Å². The van der Waals surface area contributed by atoms with E-state index in [2.05, 4.69) is 50.2 Å². The molecule has 0 saturated carbocycles. The quantitative estimate of drug-likeness (QED) is 0.719. The molecule has 0 aromatic heterocycles. The third-order valence-corrected chi connectivity index (χ3v) is 3.94. The summed E-state index contributed by atoms with van der Waals surface area (Å²) >= 11 is 0. The monoisotopic (exact) mass is 262 g/mol. The number of rotatable bonds is 2. The molecule has 100 valence electrons. The van der Waals surface area contributed by atoms with E-state index in [4.69, 9.17) is 0 Å². The summed E-state index contributed by atoms with van der Waals surface area (Å²) in [7, 11) is 0. The lowest BCUT2D eigenvalue weighted by molar-refractivity contribution is 0.220. The molecule has 0 saturated heterocycles. The van der Waals surface area contributed by atoms with Crippen molar-refractivity contribution in [3.8, 4) is 0 Å². The number of fused-ring (bicyclic) bond motifs is 1. The predicted molar refractivity (Wildman–Crippen MR) is 83.9 cm³/mol. The number of aryl methyl sites for hydroxylation is 2. The molecule has 1 N–H and O–H groups in total. The van der Waals surface area contributed by atoms with Gasteiger partial charge in [0.05, 0.1) is 0 Å². The van der Waals surface area contributed by atoms with Gasteiger partial charge in [-0.1, -0.05) is 54.6 Å². The second kappa shape index (κ2) is 5.10. The average Bonchev–Trinajstić information content (AvgIpc) is 2.49. The van der Waals surface area contributed by atoms with E-state index >= 15 is 0 Å². The van der Waals surface area contributed by atoms with Crippen molar-refractivity contribution >= 4 is 10.8 Å². The van der Waals surface area contributed by atoms with Gasteiger partial charge in [0.15, 0.2) is 0 Å². The molecule has 0 spiro atoms. The highest BCUT2D eigenvalue weighted by atomic mass is 16.3. The van der Waals surface area contributed by atoms with Crippen LogP contribution in [0.1, 0.15) is 28.4 Å². The van der Waals surface area contributed by atoms with E-state index in [-0.39, 0.29) is 0 Å². The SMILES string of the molecule is Cc1ccc(C(O)c2ccc3ccccc3c2)cc1C. The zero-order valence-electron chi connectivity index (χ0n) is 11.8. The van der Waals surface area contributed by atoms with Crippen molar-refractivity contribution in [2.75, 3.05) is 0 Å². The lowest BCUT2D eigenvalue weighted by Crippen LogP contribution is -2.00. The zero-order chi connectivity index (χ0) is 14.1. The normalized spacial score (nSPS) is 12.6. The molecule has 0 amide bonds. The fraction of sp³-hybridized carbons (Fsp3) is 0.158. The van der Waals surface area contributed by atoms with Crippen LogP contribution in [0.2, 0.25) is 0 Å². The van der Waals surface area contributed by atoms with Crippen molar-refractivity contribution in [1.82, 2.24) is 0 Å². The summed E-state index contributed by atoms with van der Waals surface area (Å²) in [6, 6.07) is 20.5. The summed E-state index contributed by atoms with van der Waals surface area (Å²) in [5.41, 5.74) is 4.34. The Hall–Kier alpha value is -2.12. The summed E-state index contributed by atoms with van der Waals surface area (Å²) in [6.07, 6.45) is -0.570. The van der Waals surface area contributed by atoms with Gasteiger partial charge < -0.3 is 5.11 Å². The van der Waals surface area contributed by atoms with E-state index in [0.717, 1.165) is 16.5 Å². The fourth-order valence-electron chi connectivity index (χ4n) is 2.51. The summed E-state index contributed by atoms with van der Waals surface area (Å²) < 4.78 is 0. The molecular weight excluding hydrogens is 244 g/mol. The highest BCUT2D eigenvalue weighted by molar-refractivity contribution is 5.83. The number of hydrogen-bond acceptors (Lipinski definition) is 1. The van der Waals surface area contributed by atoms with Crippen LogP contribution in [0.5, 0.6) is 0 Å². The molecule has 1 nitrogen and oxygen atoms in total. The largest absolute Gasteiger partial charge is 0.384 e. The minimum absolute atomic E-state index is 0.570. The van der Waals surface area contributed by atoms with Gasteiger partial charge in [0.1, 0.15) is 6.10 Å². The summed E-state index contributed by atoms with van der Waals surface area (Å²) in [6.45, 7) is 4.16. The van der Waals surface area contributed by atoms with E-state index in [0.29, 0.717) is 0 Å². The molecule has 3 rings (SSSR count). The molecule has 0 radical (unpaired) electrons. The second-order valence-corrected chi connectivity index (χ2v) is 5.35. The smallest absolute Gasteiger partial charge is 0.104 e. The first kappa shape index (κ1) is 12.9. The Morgan fingerprint density at radius 3 is 2.10 bits per heavy atom. The van der Waals surface area contributed by atoms with Gasteiger partial charge in [-0.05, 0) is 52.9 Å². The topological polar surface area (TPSA) is 20.2 Å². The third kappa shape index (κ3) is 2.33. The first-order chi connectivity index (χ1) is 9.65. The standard InChI is InChI=1S/C19H18O/c1-13-7-8-17(11-14(13)2)19(20)18-10-9-15-5-3-4-6-16(15)12-18/h3-12,19-20H,1-2H3. The van der Waals surface area contributed by atoms with E-state index in [1.54, 1.807) is 0 Å². The van der Waals surface area contributed by atoms with Gasteiger partial charge in [0.25, 0.3) is 0 Å². The maximum Gasteiger partial charge on any atom is 0.104 e. The van der Waals surface area contributed by atoms with Gasteiger partial charge in [0, 0.05) is 0 Å². The number of aliphatic hydroxyl groups excluding tert-OH is 1. The minimum atomic E-state index is -0.570. The van der Waals surface area contributed by atoms with Crippen LogP contribution in [0.25, 0.3) is 10.8 Å². The minimum Gasteiger partial charge on any atom is -0.384 e. The molecule has 0 aliphatic heterocycles. The van der Waals surface area contributed by atoms with Crippen LogP contribution in [-0.2, 0) is 0 Å².